The summed E-state index contributed by atoms with van der Waals surface area (Å²) in [5.74, 6) is -0.497. The molecule has 16 heavy (non-hydrogen) atoms. The van der Waals surface area contributed by atoms with Gasteiger partial charge in [0.15, 0.2) is 6.54 Å². The lowest BCUT2D eigenvalue weighted by Crippen LogP contribution is -2.87. The molecule has 0 spiro atoms. The molecular formula is C11H23N2O3+. The van der Waals surface area contributed by atoms with Crippen molar-refractivity contribution in [2.75, 3.05) is 13.1 Å². The molecule has 1 heterocycles. The molecule has 0 bridgehead atoms. The highest BCUT2D eigenvalue weighted by Crippen LogP contribution is 2.42. The summed E-state index contributed by atoms with van der Waals surface area (Å²) in [6.45, 7) is 8.85. The zero-order chi connectivity index (χ0) is 12.6. The molecule has 4 N–H and O–H groups in total. The highest BCUT2D eigenvalue weighted by Gasteiger charge is 2.51. The van der Waals surface area contributed by atoms with E-state index in [-0.39, 0.29) is 17.6 Å². The maximum Gasteiger partial charge on any atom is 0.359 e. The van der Waals surface area contributed by atoms with Gasteiger partial charge in [-0.2, -0.15) is 5.06 Å². The van der Waals surface area contributed by atoms with Crippen molar-refractivity contribution in [2.24, 2.45) is 5.92 Å². The van der Waals surface area contributed by atoms with E-state index in [0.29, 0.717) is 5.92 Å². The summed E-state index contributed by atoms with van der Waals surface area (Å²) in [6.07, 6.45) is 0.882. The Labute approximate surface area is 96.4 Å². The number of quaternary nitrogens is 1. The second-order valence-electron chi connectivity index (χ2n) is 5.80. The molecule has 0 saturated carbocycles. The molecule has 1 rings (SSSR count). The fraction of sp³-hybridized carbons (Fsp3) is 0.909. The van der Waals surface area contributed by atoms with Gasteiger partial charge in [-0.05, 0) is 34.1 Å². The van der Waals surface area contributed by atoms with Crippen molar-refractivity contribution in [1.82, 2.24) is 5.06 Å². The van der Waals surface area contributed by atoms with E-state index in [1.807, 2.05) is 27.7 Å². The summed E-state index contributed by atoms with van der Waals surface area (Å²) in [5, 5.41) is 21.9. The third-order valence-electron chi connectivity index (χ3n) is 3.63. The molecular weight excluding hydrogens is 208 g/mol. The molecule has 0 radical (unpaired) electrons. The van der Waals surface area contributed by atoms with Gasteiger partial charge in [0.2, 0.25) is 0 Å². The summed E-state index contributed by atoms with van der Waals surface area (Å²) in [4.78, 5) is 10.4. The van der Waals surface area contributed by atoms with Crippen LogP contribution in [0.1, 0.15) is 34.1 Å². The molecule has 1 aliphatic heterocycles. The van der Waals surface area contributed by atoms with Gasteiger partial charge in [-0.25, -0.2) is 4.79 Å². The fourth-order valence-electron chi connectivity index (χ4n) is 2.67. The Kier molecular flexibility index (Phi) is 3.62. The Hall–Kier alpha value is -0.650. The second kappa shape index (κ2) is 4.31. The quantitative estimate of drug-likeness (QED) is 0.631. The van der Waals surface area contributed by atoms with Gasteiger partial charge in [0.25, 0.3) is 0 Å². The van der Waals surface area contributed by atoms with Crippen molar-refractivity contribution in [3.05, 3.63) is 0 Å². The van der Waals surface area contributed by atoms with Crippen LogP contribution in [0.15, 0.2) is 0 Å². The van der Waals surface area contributed by atoms with Crippen molar-refractivity contribution in [2.45, 2.75) is 45.2 Å². The zero-order valence-electron chi connectivity index (χ0n) is 10.5. The van der Waals surface area contributed by atoms with Gasteiger partial charge in [0.05, 0.1) is 6.54 Å². The summed E-state index contributed by atoms with van der Waals surface area (Å²) in [7, 11) is 0. The van der Waals surface area contributed by atoms with Gasteiger partial charge in [-0.3, -0.25) is 0 Å². The summed E-state index contributed by atoms with van der Waals surface area (Å²) >= 11 is 0. The average Bonchev–Trinajstić information content (AvgIpc) is 2.27. The van der Waals surface area contributed by atoms with Crippen LogP contribution in [0.3, 0.4) is 0 Å². The maximum atomic E-state index is 10.4. The number of hydrogen-bond acceptors (Lipinski definition) is 3. The molecule has 0 aromatic rings. The molecule has 0 aliphatic carbocycles. The topological polar surface area (TPSA) is 77.4 Å². The smallest absolute Gasteiger partial charge is 0.359 e. The van der Waals surface area contributed by atoms with Gasteiger partial charge in [0.1, 0.15) is 0 Å². The van der Waals surface area contributed by atoms with Gasteiger partial charge >= 0.3 is 5.97 Å². The van der Waals surface area contributed by atoms with Crippen LogP contribution in [0.25, 0.3) is 0 Å². The number of carbonyl (C=O) groups is 1. The van der Waals surface area contributed by atoms with Crippen LogP contribution >= 0.6 is 0 Å². The lowest BCUT2D eigenvalue weighted by atomic mass is 9.87. The van der Waals surface area contributed by atoms with Crippen LogP contribution in [0.5, 0.6) is 0 Å². The Bertz CT molecular complexity index is 276. The molecule has 0 aromatic carbocycles. The van der Waals surface area contributed by atoms with Gasteiger partial charge in [-0.1, -0.05) is 0 Å². The first-order valence-electron chi connectivity index (χ1n) is 5.70. The van der Waals surface area contributed by atoms with E-state index in [9.17, 15) is 10.0 Å². The number of carboxylic acids is 1. The van der Waals surface area contributed by atoms with E-state index >= 15 is 0 Å². The first-order chi connectivity index (χ1) is 7.18. The SMILES string of the molecule is CC1(C)CC(C[NH2+]CC(=O)O)C(C)(C)N1O. The maximum absolute atomic E-state index is 10.4. The minimum Gasteiger partial charge on any atom is -0.477 e. The molecule has 1 aliphatic rings. The highest BCUT2D eigenvalue weighted by molar-refractivity contribution is 5.67. The number of nitrogens with zero attached hydrogens (tertiary/aromatic N) is 1. The molecule has 5 heteroatoms. The van der Waals surface area contributed by atoms with Crippen molar-refractivity contribution in [1.29, 1.82) is 0 Å². The zero-order valence-corrected chi connectivity index (χ0v) is 10.5. The summed E-state index contributed by atoms with van der Waals surface area (Å²) < 4.78 is 0. The van der Waals surface area contributed by atoms with E-state index < -0.39 is 5.97 Å². The lowest BCUT2D eigenvalue weighted by molar-refractivity contribution is -0.652. The van der Waals surface area contributed by atoms with Crippen molar-refractivity contribution in [3.8, 4) is 0 Å². The Balaban J connectivity index is 2.58. The monoisotopic (exact) mass is 231 g/mol. The van der Waals surface area contributed by atoms with E-state index in [1.165, 1.54) is 5.06 Å². The Morgan fingerprint density at radius 3 is 2.38 bits per heavy atom. The van der Waals surface area contributed by atoms with Gasteiger partial charge in [-0.15, -0.1) is 0 Å². The normalized spacial score (nSPS) is 28.2. The molecule has 0 aromatic heterocycles. The third kappa shape index (κ3) is 2.53. The fourth-order valence-corrected chi connectivity index (χ4v) is 2.67. The van der Waals surface area contributed by atoms with Crippen molar-refractivity contribution in [3.63, 3.8) is 0 Å². The van der Waals surface area contributed by atoms with E-state index in [0.717, 1.165) is 13.0 Å². The summed E-state index contributed by atoms with van der Waals surface area (Å²) in [5.41, 5.74) is -0.524. The minimum absolute atomic E-state index is 0.0957. The van der Waals surface area contributed by atoms with Crippen LogP contribution in [0.2, 0.25) is 0 Å². The van der Waals surface area contributed by atoms with Crippen LogP contribution in [0, 0.1) is 5.92 Å². The van der Waals surface area contributed by atoms with Crippen molar-refractivity contribution >= 4 is 5.97 Å². The van der Waals surface area contributed by atoms with E-state index in [4.69, 9.17) is 5.11 Å². The summed E-state index contributed by atoms with van der Waals surface area (Å²) in [6, 6.07) is 0. The average molecular weight is 231 g/mol. The largest absolute Gasteiger partial charge is 0.477 e. The first-order valence-corrected chi connectivity index (χ1v) is 5.70. The van der Waals surface area contributed by atoms with Crippen LogP contribution in [0.4, 0.5) is 0 Å². The molecule has 0 amide bonds. The van der Waals surface area contributed by atoms with Gasteiger partial charge in [0, 0.05) is 17.0 Å². The van der Waals surface area contributed by atoms with E-state index in [2.05, 4.69) is 0 Å². The number of hydrogen-bond donors (Lipinski definition) is 3. The highest BCUT2D eigenvalue weighted by atomic mass is 16.5. The van der Waals surface area contributed by atoms with Crippen molar-refractivity contribution < 1.29 is 20.4 Å². The number of carboxylic acid groups (broad SMARTS) is 1. The number of aliphatic carboxylic acids is 1. The van der Waals surface area contributed by atoms with Crippen LogP contribution in [-0.2, 0) is 4.79 Å². The third-order valence-corrected chi connectivity index (χ3v) is 3.63. The lowest BCUT2D eigenvalue weighted by Gasteiger charge is -2.35. The Morgan fingerprint density at radius 1 is 1.44 bits per heavy atom. The Morgan fingerprint density at radius 2 is 2.00 bits per heavy atom. The van der Waals surface area contributed by atoms with Crippen LogP contribution in [-0.4, -0.2) is 45.5 Å². The standard InChI is InChI=1S/C11H22N2O3/c1-10(2)5-8(6-12-7-9(14)15)11(3,4)13(10)16/h8,12,16H,5-7H2,1-4H3,(H,14,15)/p+1. The second-order valence-corrected chi connectivity index (χ2v) is 5.80. The number of nitrogens with two attached hydrogens (primary N) is 1. The minimum atomic E-state index is -0.795. The molecule has 1 atom stereocenters. The molecule has 1 fully saturated rings. The predicted molar refractivity (Wildman–Crippen MR) is 59.2 cm³/mol. The first kappa shape index (κ1) is 13.4. The molecule has 94 valence electrons. The van der Waals surface area contributed by atoms with Crippen LogP contribution < -0.4 is 5.32 Å². The predicted octanol–water partition coefficient (Wildman–Crippen LogP) is -0.0973. The molecule has 1 saturated heterocycles. The number of rotatable bonds is 4. The molecule has 1 unspecified atom stereocenters. The van der Waals surface area contributed by atoms with E-state index in [1.54, 1.807) is 5.32 Å². The number of hydroxylamine groups is 2. The molecule has 5 nitrogen and oxygen atoms in total. The van der Waals surface area contributed by atoms with Gasteiger partial charge < -0.3 is 15.6 Å².